The van der Waals surface area contributed by atoms with Gasteiger partial charge in [-0.3, -0.25) is 0 Å². The predicted octanol–water partition coefficient (Wildman–Crippen LogP) is 4.73. The zero-order valence-electron chi connectivity index (χ0n) is 17.3. The molecular formula is C23H28O5. The number of hydrogen-bond acceptors (Lipinski definition) is 5. The summed E-state index contributed by atoms with van der Waals surface area (Å²) < 4.78 is 22.4. The zero-order chi connectivity index (χ0) is 20.5. The second kappa shape index (κ2) is 7.76. The van der Waals surface area contributed by atoms with E-state index in [1.165, 1.54) is 0 Å². The Morgan fingerprint density at radius 1 is 0.964 bits per heavy atom. The van der Waals surface area contributed by atoms with E-state index in [1.807, 2.05) is 63.3 Å². The number of rotatable bonds is 6. The lowest BCUT2D eigenvalue weighted by Crippen LogP contribution is -2.27. The third-order valence-electron chi connectivity index (χ3n) is 5.14. The quantitative estimate of drug-likeness (QED) is 0.780. The molecule has 2 aromatic rings. The van der Waals surface area contributed by atoms with Gasteiger partial charge in [0.05, 0.1) is 33.0 Å². The van der Waals surface area contributed by atoms with E-state index < -0.39 is 6.10 Å². The predicted molar refractivity (Wildman–Crippen MR) is 110 cm³/mol. The average molecular weight is 384 g/mol. The van der Waals surface area contributed by atoms with Crippen LogP contribution in [0.25, 0.3) is 6.08 Å². The van der Waals surface area contributed by atoms with Crippen LogP contribution >= 0.6 is 0 Å². The molecule has 0 saturated carbocycles. The first kappa shape index (κ1) is 20.1. The maximum atomic E-state index is 11.1. The van der Waals surface area contributed by atoms with Crippen LogP contribution in [0.15, 0.2) is 36.4 Å². The van der Waals surface area contributed by atoms with Crippen molar-refractivity contribution < 1.29 is 24.1 Å². The van der Waals surface area contributed by atoms with E-state index in [0.717, 1.165) is 22.4 Å². The summed E-state index contributed by atoms with van der Waals surface area (Å²) in [7, 11) is 4.81. The van der Waals surface area contributed by atoms with Crippen molar-refractivity contribution in [3.63, 3.8) is 0 Å². The molecule has 5 nitrogen and oxygen atoms in total. The lowest BCUT2D eigenvalue weighted by molar-refractivity contribution is 0.145. The van der Waals surface area contributed by atoms with Gasteiger partial charge < -0.3 is 24.1 Å². The molecule has 0 fully saturated rings. The number of aliphatic hydroxyl groups excluding tert-OH is 1. The summed E-state index contributed by atoms with van der Waals surface area (Å²) in [4.78, 5) is 0. The zero-order valence-corrected chi connectivity index (χ0v) is 17.3. The highest BCUT2D eigenvalue weighted by Crippen LogP contribution is 2.44. The molecule has 1 aliphatic heterocycles. The van der Waals surface area contributed by atoms with Gasteiger partial charge in [-0.1, -0.05) is 13.0 Å². The molecule has 1 heterocycles. The fraction of sp³-hybridized carbons (Fsp3) is 0.391. The monoisotopic (exact) mass is 384 g/mol. The van der Waals surface area contributed by atoms with Crippen LogP contribution in [0.2, 0.25) is 0 Å². The molecule has 1 unspecified atom stereocenters. The van der Waals surface area contributed by atoms with Gasteiger partial charge in [-0.05, 0) is 55.8 Å². The van der Waals surface area contributed by atoms with Gasteiger partial charge >= 0.3 is 0 Å². The Morgan fingerprint density at radius 2 is 1.68 bits per heavy atom. The third-order valence-corrected chi connectivity index (χ3v) is 5.14. The number of ether oxygens (including phenoxy) is 4. The summed E-state index contributed by atoms with van der Waals surface area (Å²) in [5.74, 6) is 2.49. The maximum Gasteiger partial charge on any atom is 0.160 e. The lowest BCUT2D eigenvalue weighted by Gasteiger charge is -2.30. The first-order chi connectivity index (χ1) is 13.3. The van der Waals surface area contributed by atoms with Gasteiger partial charge in [0.15, 0.2) is 11.5 Å². The number of methoxy groups -OCH3 is 3. The van der Waals surface area contributed by atoms with Crippen molar-refractivity contribution in [1.29, 1.82) is 0 Å². The number of aliphatic hydroxyl groups is 1. The largest absolute Gasteiger partial charge is 0.496 e. The highest BCUT2D eigenvalue weighted by atomic mass is 16.5. The molecule has 28 heavy (non-hydrogen) atoms. The summed E-state index contributed by atoms with van der Waals surface area (Å²) in [6.07, 6.45) is 3.22. The summed E-state index contributed by atoms with van der Waals surface area (Å²) in [5.41, 5.74) is 2.14. The molecule has 1 N–H and O–H groups in total. The van der Waals surface area contributed by atoms with E-state index >= 15 is 0 Å². The molecule has 150 valence electrons. The Balaban J connectivity index is 1.97. The molecule has 0 spiro atoms. The number of fused-ring (bicyclic) bond motifs is 1. The van der Waals surface area contributed by atoms with Crippen LogP contribution in [0.4, 0.5) is 0 Å². The molecule has 5 heteroatoms. The Kier molecular flexibility index (Phi) is 5.57. The van der Waals surface area contributed by atoms with Crippen molar-refractivity contribution in [2.75, 3.05) is 21.3 Å². The van der Waals surface area contributed by atoms with Gasteiger partial charge in [0.25, 0.3) is 0 Å². The molecule has 0 amide bonds. The molecule has 3 rings (SSSR count). The lowest BCUT2D eigenvalue weighted by atomic mass is 9.88. The van der Waals surface area contributed by atoms with Gasteiger partial charge in [-0.2, -0.15) is 0 Å². The molecule has 2 aromatic carbocycles. The molecule has 0 bridgehead atoms. The van der Waals surface area contributed by atoms with Crippen molar-refractivity contribution in [1.82, 2.24) is 0 Å². The first-order valence-electron chi connectivity index (χ1n) is 9.30. The number of hydrogen-bond donors (Lipinski definition) is 1. The van der Waals surface area contributed by atoms with Crippen molar-refractivity contribution in [2.45, 2.75) is 38.4 Å². The van der Waals surface area contributed by atoms with E-state index in [9.17, 15) is 5.11 Å². The van der Waals surface area contributed by atoms with E-state index in [4.69, 9.17) is 18.9 Å². The van der Waals surface area contributed by atoms with Gasteiger partial charge in [0.2, 0.25) is 0 Å². The fourth-order valence-electron chi connectivity index (χ4n) is 3.49. The molecular weight excluding hydrogens is 356 g/mol. The molecule has 2 atom stereocenters. The van der Waals surface area contributed by atoms with E-state index in [2.05, 4.69) is 0 Å². The summed E-state index contributed by atoms with van der Waals surface area (Å²) in [6.45, 7) is 5.97. The van der Waals surface area contributed by atoms with Crippen LogP contribution in [0.3, 0.4) is 0 Å². The van der Waals surface area contributed by atoms with Crippen molar-refractivity contribution in [3.8, 4) is 23.0 Å². The van der Waals surface area contributed by atoms with Crippen LogP contribution in [0, 0.1) is 0 Å². The summed E-state index contributed by atoms with van der Waals surface area (Å²) >= 11 is 0. The Morgan fingerprint density at radius 3 is 2.32 bits per heavy atom. The molecule has 0 aromatic heterocycles. The smallest absolute Gasteiger partial charge is 0.160 e. The first-order valence-corrected chi connectivity index (χ1v) is 9.30. The fourth-order valence-corrected chi connectivity index (χ4v) is 3.49. The molecule has 0 aliphatic carbocycles. The standard InChI is InChI=1S/C23H28O5/c1-14(15-7-9-19(25-4)20(13-15)26-5)21(24)17-8-10-18-16(22(17)27-6)11-12-23(2,3)28-18/h7-14,21,24H,1-6H3/t14-,21?/m0/s1. The Bertz CT molecular complexity index is 885. The van der Waals surface area contributed by atoms with Crippen LogP contribution in [0.1, 0.15) is 49.5 Å². The summed E-state index contributed by atoms with van der Waals surface area (Å²) in [5, 5.41) is 11.1. The number of benzene rings is 2. The van der Waals surface area contributed by atoms with Crippen molar-refractivity contribution in [2.24, 2.45) is 0 Å². The van der Waals surface area contributed by atoms with Crippen LogP contribution in [-0.2, 0) is 0 Å². The average Bonchev–Trinajstić information content (AvgIpc) is 2.70. The molecule has 0 radical (unpaired) electrons. The van der Waals surface area contributed by atoms with Gasteiger partial charge in [0.1, 0.15) is 17.1 Å². The second-order valence-corrected chi connectivity index (χ2v) is 7.49. The minimum absolute atomic E-state index is 0.184. The normalized spacial score (nSPS) is 16.5. The van der Waals surface area contributed by atoms with Gasteiger partial charge in [0, 0.05) is 11.5 Å². The molecule has 0 saturated heterocycles. The maximum absolute atomic E-state index is 11.1. The SMILES string of the molecule is COc1ccc([C@H](C)C(O)c2ccc3c(c2OC)C=CC(C)(C)O3)cc1OC. The second-order valence-electron chi connectivity index (χ2n) is 7.49. The van der Waals surface area contributed by atoms with Gasteiger partial charge in [-0.25, -0.2) is 0 Å². The Hall–Kier alpha value is -2.66. The van der Waals surface area contributed by atoms with Crippen LogP contribution < -0.4 is 18.9 Å². The third kappa shape index (κ3) is 3.67. The van der Waals surface area contributed by atoms with Crippen molar-refractivity contribution >= 4 is 6.08 Å². The van der Waals surface area contributed by atoms with Crippen LogP contribution in [-0.4, -0.2) is 32.0 Å². The minimum Gasteiger partial charge on any atom is -0.496 e. The van der Waals surface area contributed by atoms with Crippen LogP contribution in [0.5, 0.6) is 23.0 Å². The van der Waals surface area contributed by atoms with Crippen molar-refractivity contribution in [3.05, 3.63) is 53.1 Å². The van der Waals surface area contributed by atoms with E-state index in [1.54, 1.807) is 21.3 Å². The molecule has 1 aliphatic rings. The van der Waals surface area contributed by atoms with E-state index in [0.29, 0.717) is 17.2 Å². The minimum atomic E-state index is -0.762. The van der Waals surface area contributed by atoms with Gasteiger partial charge in [-0.15, -0.1) is 0 Å². The topological polar surface area (TPSA) is 57.2 Å². The Labute approximate surface area is 166 Å². The van der Waals surface area contributed by atoms with E-state index in [-0.39, 0.29) is 11.5 Å². The highest BCUT2D eigenvalue weighted by molar-refractivity contribution is 5.69. The highest BCUT2D eigenvalue weighted by Gasteiger charge is 2.29. The summed E-state index contributed by atoms with van der Waals surface area (Å²) in [6, 6.07) is 9.44.